The maximum absolute atomic E-state index is 6.72. The Kier molecular flexibility index (Phi) is 11.4. The molecule has 10 rings (SSSR count). The molecule has 320 valence electrons. The summed E-state index contributed by atoms with van der Waals surface area (Å²) in [5, 5.41) is 25.1. The number of hydrogen-bond donors (Lipinski definition) is 2. The third-order valence-electron chi connectivity index (χ3n) is 11.9. The number of rotatable bonds is 13. The SMILES string of the molecule is Cc1nccc(NC2CCC(Oc3cc(N4CCOCC4)cn4nc(COc5ccc(NC6CCC(Oc7cc(N8CCOCC8)cn8ncnc78)CC6)nn5)nc34)CC2)n1. The predicted octanol–water partition coefficient (Wildman–Crippen LogP) is 4.52. The van der Waals surface area contributed by atoms with Crippen molar-refractivity contribution in [1.29, 1.82) is 0 Å². The number of hydrogen-bond acceptors (Lipinski definition) is 17. The standard InChI is InChI=1S/C42H52N14O5/c1-28-43-13-12-37(46-28)47-29-2-6-34(7-3-29)61-36-23-32(54-16-20-58-21-17-54)25-56-42(36)49-39(52-56)26-59-40-11-10-38(50-51-40)48-30-4-8-33(9-5-30)60-35-22-31(53-14-18-57-19-15-53)24-55-41(35)44-27-45-55/h10-13,22-25,27,29-30,33-34H,2-9,14-21,26H2,1H3,(H,48,50)(H,43,46,47). The molecule has 2 N–H and O–H groups in total. The van der Waals surface area contributed by atoms with Crippen molar-refractivity contribution in [2.75, 3.05) is 73.0 Å². The predicted molar refractivity (Wildman–Crippen MR) is 226 cm³/mol. The minimum atomic E-state index is 0.0614. The zero-order valence-electron chi connectivity index (χ0n) is 34.4. The molecule has 0 spiro atoms. The van der Waals surface area contributed by atoms with E-state index in [2.05, 4.69) is 62.8 Å². The first-order valence-electron chi connectivity index (χ1n) is 21.6. The molecular formula is C42H52N14O5. The van der Waals surface area contributed by atoms with Gasteiger partial charge in [-0.2, -0.15) is 5.10 Å². The van der Waals surface area contributed by atoms with Crippen LogP contribution in [0.4, 0.5) is 23.0 Å². The van der Waals surface area contributed by atoms with Crippen molar-refractivity contribution in [3.8, 4) is 17.4 Å². The first-order chi connectivity index (χ1) is 30.0. The Labute approximate surface area is 353 Å². The highest BCUT2D eigenvalue weighted by molar-refractivity contribution is 5.63. The van der Waals surface area contributed by atoms with Crippen molar-refractivity contribution in [3.63, 3.8) is 0 Å². The number of nitrogens with zero attached hydrogens (tertiary/aromatic N) is 12. The van der Waals surface area contributed by atoms with E-state index in [4.69, 9.17) is 33.8 Å². The highest BCUT2D eigenvalue weighted by atomic mass is 16.5. The molecule has 0 bridgehead atoms. The van der Waals surface area contributed by atoms with E-state index in [1.54, 1.807) is 21.6 Å². The second kappa shape index (κ2) is 17.9. The Morgan fingerprint density at radius 2 is 1.30 bits per heavy atom. The third kappa shape index (κ3) is 9.31. The van der Waals surface area contributed by atoms with Crippen molar-refractivity contribution in [2.24, 2.45) is 0 Å². The highest BCUT2D eigenvalue weighted by Gasteiger charge is 2.27. The maximum Gasteiger partial charge on any atom is 0.233 e. The Balaban J connectivity index is 0.737. The summed E-state index contributed by atoms with van der Waals surface area (Å²) in [7, 11) is 0. The third-order valence-corrected chi connectivity index (χ3v) is 11.9. The number of morpholine rings is 2. The molecular weight excluding hydrogens is 781 g/mol. The van der Waals surface area contributed by atoms with Gasteiger partial charge in [-0.15, -0.1) is 15.3 Å². The zero-order valence-corrected chi connectivity index (χ0v) is 34.4. The van der Waals surface area contributed by atoms with Gasteiger partial charge < -0.3 is 44.1 Å². The van der Waals surface area contributed by atoms with Crippen LogP contribution >= 0.6 is 0 Å². The minimum Gasteiger partial charge on any atom is -0.486 e. The fraction of sp³-hybridized carbons (Fsp3) is 0.524. The average Bonchev–Trinajstić information content (AvgIpc) is 3.96. The van der Waals surface area contributed by atoms with Crippen LogP contribution in [-0.4, -0.2) is 126 Å². The molecule has 0 atom stereocenters. The number of pyridine rings is 2. The lowest BCUT2D eigenvalue weighted by Crippen LogP contribution is -2.36. The maximum atomic E-state index is 6.72. The molecule has 4 aliphatic rings. The van der Waals surface area contributed by atoms with Crippen LogP contribution in [0.3, 0.4) is 0 Å². The normalized spacial score (nSPS) is 22.3. The molecule has 61 heavy (non-hydrogen) atoms. The van der Waals surface area contributed by atoms with E-state index in [-0.39, 0.29) is 24.9 Å². The van der Waals surface area contributed by atoms with Gasteiger partial charge in [0, 0.05) is 62.7 Å². The smallest absolute Gasteiger partial charge is 0.233 e. The van der Waals surface area contributed by atoms with E-state index < -0.39 is 0 Å². The lowest BCUT2D eigenvalue weighted by Gasteiger charge is -2.31. The number of anilines is 4. The van der Waals surface area contributed by atoms with E-state index in [1.165, 1.54) is 0 Å². The lowest BCUT2D eigenvalue weighted by molar-refractivity contribution is 0.122. The van der Waals surface area contributed by atoms with Crippen LogP contribution in [0.1, 0.15) is 63.0 Å². The highest BCUT2D eigenvalue weighted by Crippen LogP contribution is 2.33. The van der Waals surface area contributed by atoms with Crippen LogP contribution in [0.2, 0.25) is 0 Å². The van der Waals surface area contributed by atoms with Crippen molar-refractivity contribution in [3.05, 3.63) is 66.9 Å². The molecule has 2 aliphatic carbocycles. The summed E-state index contributed by atoms with van der Waals surface area (Å²) >= 11 is 0. The molecule has 0 amide bonds. The van der Waals surface area contributed by atoms with Crippen molar-refractivity contribution in [2.45, 2.75) is 89.2 Å². The second-order valence-corrected chi connectivity index (χ2v) is 16.2. The number of aromatic nitrogens is 10. The van der Waals surface area contributed by atoms with Gasteiger partial charge in [0.2, 0.25) is 5.88 Å². The molecule has 8 heterocycles. The average molecular weight is 833 g/mol. The van der Waals surface area contributed by atoms with Crippen LogP contribution in [-0.2, 0) is 16.1 Å². The summed E-state index contributed by atoms with van der Waals surface area (Å²) in [5.74, 6) is 4.74. The molecule has 19 nitrogen and oxygen atoms in total. The molecule has 6 aromatic rings. The van der Waals surface area contributed by atoms with Crippen molar-refractivity contribution in [1.82, 2.24) is 49.4 Å². The topological polar surface area (TPSA) is 189 Å². The Bertz CT molecular complexity index is 2380. The van der Waals surface area contributed by atoms with Gasteiger partial charge in [-0.25, -0.2) is 29.0 Å². The van der Waals surface area contributed by atoms with Crippen LogP contribution in [0.15, 0.2) is 55.2 Å². The molecule has 2 aliphatic heterocycles. The van der Waals surface area contributed by atoms with Gasteiger partial charge in [-0.1, -0.05) is 0 Å². The van der Waals surface area contributed by atoms with Crippen LogP contribution < -0.4 is 34.6 Å². The molecule has 2 saturated heterocycles. The molecule has 2 saturated carbocycles. The van der Waals surface area contributed by atoms with E-state index in [0.29, 0.717) is 61.4 Å². The molecule has 0 aromatic carbocycles. The van der Waals surface area contributed by atoms with Crippen molar-refractivity contribution < 1.29 is 23.7 Å². The second-order valence-electron chi connectivity index (χ2n) is 16.2. The summed E-state index contributed by atoms with van der Waals surface area (Å²) in [4.78, 5) is 22.7. The Hall–Kier alpha value is -6.08. The van der Waals surface area contributed by atoms with E-state index in [0.717, 1.165) is 112 Å². The first kappa shape index (κ1) is 39.1. The zero-order chi connectivity index (χ0) is 41.0. The van der Waals surface area contributed by atoms with E-state index in [1.807, 2.05) is 37.5 Å². The van der Waals surface area contributed by atoms with E-state index in [9.17, 15) is 0 Å². The number of ether oxygens (including phenoxy) is 5. The number of aryl methyl sites for hydroxylation is 1. The summed E-state index contributed by atoms with van der Waals surface area (Å²) in [6, 6.07) is 10.4. The van der Waals surface area contributed by atoms with Gasteiger partial charge in [0.05, 0.1) is 62.4 Å². The molecule has 4 fully saturated rings. The van der Waals surface area contributed by atoms with Gasteiger partial charge in [0.15, 0.2) is 35.2 Å². The Morgan fingerprint density at radius 3 is 1.92 bits per heavy atom. The first-order valence-corrected chi connectivity index (χ1v) is 21.6. The van der Waals surface area contributed by atoms with Crippen molar-refractivity contribution >= 4 is 34.3 Å². The fourth-order valence-corrected chi connectivity index (χ4v) is 8.67. The van der Waals surface area contributed by atoms with Gasteiger partial charge in [0.1, 0.15) is 23.8 Å². The summed E-state index contributed by atoms with van der Waals surface area (Å²) < 4.78 is 34.1. The molecule has 6 aromatic heterocycles. The number of nitrogens with one attached hydrogen (secondary N) is 2. The van der Waals surface area contributed by atoms with Crippen LogP contribution in [0.5, 0.6) is 17.4 Å². The quantitative estimate of drug-likeness (QED) is 0.165. The van der Waals surface area contributed by atoms with Crippen LogP contribution in [0, 0.1) is 6.92 Å². The summed E-state index contributed by atoms with van der Waals surface area (Å²) in [6.07, 6.45) is 15.0. The van der Waals surface area contributed by atoms with Gasteiger partial charge in [0.25, 0.3) is 0 Å². The van der Waals surface area contributed by atoms with Gasteiger partial charge in [-0.3, -0.25) is 0 Å². The number of fused-ring (bicyclic) bond motifs is 2. The van der Waals surface area contributed by atoms with Crippen LogP contribution in [0.25, 0.3) is 11.3 Å². The monoisotopic (exact) mass is 832 g/mol. The fourth-order valence-electron chi connectivity index (χ4n) is 8.67. The summed E-state index contributed by atoms with van der Waals surface area (Å²) in [6.45, 7) is 8.10. The van der Waals surface area contributed by atoms with Gasteiger partial charge >= 0.3 is 0 Å². The molecule has 19 heteroatoms. The minimum absolute atomic E-state index is 0.0614. The largest absolute Gasteiger partial charge is 0.486 e. The van der Waals surface area contributed by atoms with Gasteiger partial charge in [-0.05, 0) is 70.4 Å². The lowest BCUT2D eigenvalue weighted by atomic mass is 9.93. The Morgan fingerprint density at radius 1 is 0.672 bits per heavy atom. The molecule has 0 unspecified atom stereocenters. The molecule has 0 radical (unpaired) electrons. The summed E-state index contributed by atoms with van der Waals surface area (Å²) in [5.41, 5.74) is 3.48. The van der Waals surface area contributed by atoms with E-state index >= 15 is 0 Å².